The lowest BCUT2D eigenvalue weighted by molar-refractivity contribution is 0.256. The van der Waals surface area contributed by atoms with E-state index >= 15 is 0 Å². The fourth-order valence-corrected chi connectivity index (χ4v) is 2.10. The maximum absolute atomic E-state index is 5.77. The van der Waals surface area contributed by atoms with E-state index in [-0.39, 0.29) is 6.61 Å². The van der Waals surface area contributed by atoms with E-state index in [4.69, 9.17) is 14.9 Å². The molecule has 5 heteroatoms. The van der Waals surface area contributed by atoms with Crippen molar-refractivity contribution in [2.75, 3.05) is 6.54 Å². The van der Waals surface area contributed by atoms with Gasteiger partial charge in [-0.2, -0.15) is 0 Å². The number of hydrogen-bond acceptors (Lipinski definition) is 5. The molecule has 2 rings (SSSR count). The zero-order valence-corrected chi connectivity index (χ0v) is 11.6. The lowest BCUT2D eigenvalue weighted by Crippen LogP contribution is -2.02. The zero-order chi connectivity index (χ0) is 13.8. The van der Waals surface area contributed by atoms with Gasteiger partial charge in [0.1, 0.15) is 5.75 Å². The molecule has 1 heterocycles. The molecular weight excluding hydrogens is 242 g/mol. The summed E-state index contributed by atoms with van der Waals surface area (Å²) in [6.45, 7) is 6.91. The number of benzene rings is 1. The van der Waals surface area contributed by atoms with Crippen LogP contribution in [0.5, 0.6) is 5.75 Å². The molecule has 0 radical (unpaired) electrons. The van der Waals surface area contributed by atoms with Crippen molar-refractivity contribution in [1.82, 2.24) is 10.2 Å². The van der Waals surface area contributed by atoms with Gasteiger partial charge < -0.3 is 14.9 Å². The van der Waals surface area contributed by atoms with Gasteiger partial charge in [-0.1, -0.05) is 17.7 Å². The molecule has 5 nitrogen and oxygen atoms in total. The Morgan fingerprint density at radius 3 is 2.37 bits per heavy atom. The Kier molecular flexibility index (Phi) is 4.16. The Morgan fingerprint density at radius 2 is 1.74 bits per heavy atom. The summed E-state index contributed by atoms with van der Waals surface area (Å²) < 4.78 is 11.2. The Hall–Kier alpha value is -1.88. The number of nitrogens with two attached hydrogens (primary N) is 1. The molecule has 0 fully saturated rings. The second kappa shape index (κ2) is 5.84. The highest BCUT2D eigenvalue weighted by atomic mass is 16.5. The summed E-state index contributed by atoms with van der Waals surface area (Å²) in [6, 6.07) is 4.19. The molecule has 0 atom stereocenters. The molecule has 1 aromatic heterocycles. The van der Waals surface area contributed by atoms with E-state index in [0.29, 0.717) is 24.7 Å². The third-order valence-corrected chi connectivity index (χ3v) is 2.81. The first-order valence-electron chi connectivity index (χ1n) is 6.32. The van der Waals surface area contributed by atoms with Crippen LogP contribution < -0.4 is 10.5 Å². The van der Waals surface area contributed by atoms with Gasteiger partial charge in [0.2, 0.25) is 5.89 Å². The third kappa shape index (κ3) is 3.32. The monoisotopic (exact) mass is 261 g/mol. The van der Waals surface area contributed by atoms with Gasteiger partial charge in [-0.25, -0.2) is 0 Å². The van der Waals surface area contributed by atoms with E-state index in [9.17, 15) is 0 Å². The van der Waals surface area contributed by atoms with Gasteiger partial charge in [-0.05, 0) is 31.9 Å². The van der Waals surface area contributed by atoms with Crippen molar-refractivity contribution in [3.8, 4) is 5.75 Å². The minimum absolute atomic E-state index is 0.280. The first-order valence-corrected chi connectivity index (χ1v) is 6.32. The number of hydrogen-bond donors (Lipinski definition) is 1. The summed E-state index contributed by atoms with van der Waals surface area (Å²) in [7, 11) is 0. The maximum atomic E-state index is 5.77. The SMILES string of the molecule is Cc1cc(C)c(OCc2nnc(CCN)o2)c(C)c1. The third-order valence-electron chi connectivity index (χ3n) is 2.81. The van der Waals surface area contributed by atoms with Crippen molar-refractivity contribution < 1.29 is 9.15 Å². The number of rotatable bonds is 5. The van der Waals surface area contributed by atoms with Crippen LogP contribution in [0.25, 0.3) is 0 Å². The molecule has 0 saturated carbocycles. The van der Waals surface area contributed by atoms with Crippen LogP contribution in [0.3, 0.4) is 0 Å². The quantitative estimate of drug-likeness (QED) is 0.891. The molecule has 0 bridgehead atoms. The number of ether oxygens (including phenoxy) is 1. The van der Waals surface area contributed by atoms with Gasteiger partial charge in [-0.3, -0.25) is 0 Å². The van der Waals surface area contributed by atoms with Gasteiger partial charge in [0.25, 0.3) is 5.89 Å². The lowest BCUT2D eigenvalue weighted by Gasteiger charge is -2.11. The number of nitrogens with zero attached hydrogens (tertiary/aromatic N) is 2. The van der Waals surface area contributed by atoms with Crippen LogP contribution >= 0.6 is 0 Å². The highest BCUT2D eigenvalue weighted by Gasteiger charge is 2.09. The summed E-state index contributed by atoms with van der Waals surface area (Å²) in [5.41, 5.74) is 8.88. The van der Waals surface area contributed by atoms with Crippen molar-refractivity contribution in [3.63, 3.8) is 0 Å². The van der Waals surface area contributed by atoms with Crippen molar-refractivity contribution >= 4 is 0 Å². The standard InChI is InChI=1S/C14H19N3O2/c1-9-6-10(2)14(11(3)7-9)18-8-13-17-16-12(19-13)4-5-15/h6-7H,4-5,8,15H2,1-3H3. The maximum Gasteiger partial charge on any atom is 0.253 e. The van der Waals surface area contributed by atoms with Crippen molar-refractivity contribution in [2.45, 2.75) is 33.8 Å². The smallest absolute Gasteiger partial charge is 0.253 e. The summed E-state index contributed by atoms with van der Waals surface area (Å²) in [5, 5.41) is 7.83. The van der Waals surface area contributed by atoms with E-state index in [1.165, 1.54) is 5.56 Å². The molecule has 0 aliphatic rings. The predicted octanol–water partition coefficient (Wildman–Crippen LogP) is 2.08. The van der Waals surface area contributed by atoms with Crippen LogP contribution in [0.2, 0.25) is 0 Å². The second-order valence-corrected chi connectivity index (χ2v) is 4.64. The molecule has 102 valence electrons. The molecule has 0 saturated heterocycles. The zero-order valence-electron chi connectivity index (χ0n) is 11.6. The number of aromatic nitrogens is 2. The first-order chi connectivity index (χ1) is 9.10. The van der Waals surface area contributed by atoms with Crippen LogP contribution in [0.15, 0.2) is 16.5 Å². The Labute approximate surface area is 112 Å². The Balaban J connectivity index is 2.05. The van der Waals surface area contributed by atoms with E-state index < -0.39 is 0 Å². The Bertz CT molecular complexity index is 541. The van der Waals surface area contributed by atoms with Crippen LogP contribution in [0, 0.1) is 20.8 Å². The molecule has 19 heavy (non-hydrogen) atoms. The van der Waals surface area contributed by atoms with Crippen molar-refractivity contribution in [3.05, 3.63) is 40.6 Å². The predicted molar refractivity (Wildman–Crippen MR) is 72.0 cm³/mol. The molecule has 1 aromatic carbocycles. The first kappa shape index (κ1) is 13.5. The topological polar surface area (TPSA) is 74.2 Å². The fraction of sp³-hybridized carbons (Fsp3) is 0.429. The molecule has 0 unspecified atom stereocenters. The Morgan fingerprint density at radius 1 is 1.11 bits per heavy atom. The molecule has 0 spiro atoms. The van der Waals surface area contributed by atoms with Gasteiger partial charge in [0.05, 0.1) is 0 Å². The van der Waals surface area contributed by atoms with Crippen molar-refractivity contribution in [1.29, 1.82) is 0 Å². The van der Waals surface area contributed by atoms with Crippen LogP contribution in [-0.2, 0) is 13.0 Å². The van der Waals surface area contributed by atoms with E-state index in [1.807, 2.05) is 13.8 Å². The lowest BCUT2D eigenvalue weighted by atomic mass is 10.1. The number of aryl methyl sites for hydroxylation is 3. The minimum Gasteiger partial charge on any atom is -0.483 e. The van der Waals surface area contributed by atoms with Gasteiger partial charge in [0.15, 0.2) is 6.61 Å². The van der Waals surface area contributed by atoms with Gasteiger partial charge >= 0.3 is 0 Å². The summed E-state index contributed by atoms with van der Waals surface area (Å²) in [4.78, 5) is 0. The fourth-order valence-electron chi connectivity index (χ4n) is 2.10. The van der Waals surface area contributed by atoms with Gasteiger partial charge in [0, 0.05) is 13.0 Å². The molecule has 0 aliphatic heterocycles. The van der Waals surface area contributed by atoms with Crippen molar-refractivity contribution in [2.24, 2.45) is 5.73 Å². The van der Waals surface area contributed by atoms with Gasteiger partial charge in [-0.15, -0.1) is 10.2 Å². The largest absolute Gasteiger partial charge is 0.483 e. The van der Waals surface area contributed by atoms with E-state index in [2.05, 4.69) is 29.3 Å². The summed E-state index contributed by atoms with van der Waals surface area (Å²) in [5.74, 6) is 1.91. The van der Waals surface area contributed by atoms with Crippen LogP contribution in [0.1, 0.15) is 28.5 Å². The average molecular weight is 261 g/mol. The summed E-state index contributed by atoms with van der Waals surface area (Å²) in [6.07, 6.45) is 0.593. The van der Waals surface area contributed by atoms with Crippen LogP contribution in [-0.4, -0.2) is 16.7 Å². The molecule has 0 amide bonds. The van der Waals surface area contributed by atoms with E-state index in [1.54, 1.807) is 0 Å². The normalized spacial score (nSPS) is 10.7. The van der Waals surface area contributed by atoms with Crippen LogP contribution in [0.4, 0.5) is 0 Å². The highest BCUT2D eigenvalue weighted by molar-refractivity contribution is 5.42. The molecular formula is C14H19N3O2. The molecule has 0 aliphatic carbocycles. The highest BCUT2D eigenvalue weighted by Crippen LogP contribution is 2.25. The summed E-state index contributed by atoms with van der Waals surface area (Å²) >= 11 is 0. The molecule has 2 aromatic rings. The second-order valence-electron chi connectivity index (χ2n) is 4.64. The minimum atomic E-state index is 0.280. The average Bonchev–Trinajstić information content (AvgIpc) is 2.76. The molecule has 2 N–H and O–H groups in total. The van der Waals surface area contributed by atoms with E-state index in [0.717, 1.165) is 16.9 Å².